The standard InChI is InChI=1S/C30H40F8N2/c1-15(2)19-11-17(13-21(23(19)39)25(5,6)7)27(31,32)29(35,36)30(37,38)28(33,34)18-12-20(16(3)4)24(40)22(14-18)26(8,9)10/h11-16H,39-40H2,1-10H3. The average Bonchev–Trinajstić information content (AvgIpc) is 2.76. The molecule has 226 valence electrons. The van der Waals surface area contributed by atoms with E-state index in [0.29, 0.717) is 24.3 Å². The van der Waals surface area contributed by atoms with Crippen molar-refractivity contribution in [1.82, 2.24) is 0 Å². The van der Waals surface area contributed by atoms with Crippen LogP contribution in [0.4, 0.5) is 46.5 Å². The van der Waals surface area contributed by atoms with Crippen LogP contribution in [0.15, 0.2) is 24.3 Å². The van der Waals surface area contributed by atoms with E-state index in [1.54, 1.807) is 69.2 Å². The van der Waals surface area contributed by atoms with E-state index in [0.717, 1.165) is 0 Å². The largest absolute Gasteiger partial charge is 0.398 e. The van der Waals surface area contributed by atoms with Crippen LogP contribution < -0.4 is 11.5 Å². The number of halogens is 8. The molecule has 0 aliphatic heterocycles. The van der Waals surface area contributed by atoms with Crippen molar-refractivity contribution in [1.29, 1.82) is 0 Å². The van der Waals surface area contributed by atoms with Crippen LogP contribution in [0.1, 0.15) is 114 Å². The van der Waals surface area contributed by atoms with Gasteiger partial charge in [-0.1, -0.05) is 69.2 Å². The monoisotopic (exact) mass is 580 g/mol. The molecule has 0 aliphatic rings. The average molecular weight is 581 g/mol. The van der Waals surface area contributed by atoms with E-state index >= 15 is 35.1 Å². The van der Waals surface area contributed by atoms with E-state index in [4.69, 9.17) is 11.5 Å². The quantitative estimate of drug-likeness (QED) is 0.253. The van der Waals surface area contributed by atoms with Gasteiger partial charge in [0.05, 0.1) is 0 Å². The highest BCUT2D eigenvalue weighted by molar-refractivity contribution is 5.61. The van der Waals surface area contributed by atoms with Crippen molar-refractivity contribution in [2.75, 3.05) is 11.5 Å². The molecule has 0 saturated carbocycles. The first-order chi connectivity index (χ1) is 17.6. The van der Waals surface area contributed by atoms with E-state index in [9.17, 15) is 0 Å². The molecular formula is C30H40F8N2. The second-order valence-corrected chi connectivity index (χ2v) is 13.2. The number of hydrogen-bond acceptors (Lipinski definition) is 2. The van der Waals surface area contributed by atoms with Gasteiger partial charge in [-0.2, -0.15) is 35.1 Å². The molecule has 0 saturated heterocycles. The SMILES string of the molecule is CC(C)c1cc(C(F)(F)C(F)(F)C(F)(F)C(F)(F)c2cc(C(C)C)c(N)c(C(C)(C)C)c2)cc(C(C)(C)C)c1N. The summed E-state index contributed by atoms with van der Waals surface area (Å²) < 4.78 is 124. The van der Waals surface area contributed by atoms with Gasteiger partial charge in [0.25, 0.3) is 0 Å². The Morgan fingerprint density at radius 2 is 0.750 bits per heavy atom. The Bertz CT molecular complexity index is 1150. The molecule has 0 unspecified atom stereocenters. The molecule has 0 aliphatic carbocycles. The van der Waals surface area contributed by atoms with E-state index in [1.807, 2.05) is 0 Å². The predicted octanol–water partition coefficient (Wildman–Crippen LogP) is 9.85. The lowest BCUT2D eigenvalue weighted by atomic mass is 9.79. The highest BCUT2D eigenvalue weighted by atomic mass is 19.4. The van der Waals surface area contributed by atoms with Gasteiger partial charge in [-0.3, -0.25) is 0 Å². The predicted molar refractivity (Wildman–Crippen MR) is 145 cm³/mol. The first kappa shape index (κ1) is 33.7. The minimum atomic E-state index is -6.51. The van der Waals surface area contributed by atoms with Crippen molar-refractivity contribution in [3.63, 3.8) is 0 Å². The van der Waals surface area contributed by atoms with Crippen LogP contribution in [0.25, 0.3) is 0 Å². The highest BCUT2D eigenvalue weighted by Crippen LogP contribution is 2.60. The van der Waals surface area contributed by atoms with Crippen molar-refractivity contribution in [3.8, 4) is 0 Å². The minimum absolute atomic E-state index is 0.00850. The van der Waals surface area contributed by atoms with Gasteiger partial charge < -0.3 is 11.5 Å². The fourth-order valence-electron chi connectivity index (χ4n) is 4.67. The molecule has 0 amide bonds. The lowest BCUT2D eigenvalue weighted by Crippen LogP contribution is -2.59. The molecule has 0 aromatic heterocycles. The Morgan fingerprint density at radius 1 is 0.500 bits per heavy atom. The maximum Gasteiger partial charge on any atom is 0.382 e. The van der Waals surface area contributed by atoms with Gasteiger partial charge >= 0.3 is 23.7 Å². The molecule has 2 aromatic carbocycles. The Balaban J connectivity index is 2.86. The maximum absolute atomic E-state index is 15.5. The van der Waals surface area contributed by atoms with Crippen molar-refractivity contribution in [2.45, 2.75) is 116 Å². The second-order valence-electron chi connectivity index (χ2n) is 13.2. The van der Waals surface area contributed by atoms with Gasteiger partial charge in [0.1, 0.15) is 0 Å². The molecule has 0 fully saturated rings. The summed E-state index contributed by atoms with van der Waals surface area (Å²) in [5.74, 6) is -25.5. The summed E-state index contributed by atoms with van der Waals surface area (Å²) in [6.45, 7) is 15.7. The first-order valence-electron chi connectivity index (χ1n) is 13.0. The van der Waals surface area contributed by atoms with Crippen molar-refractivity contribution < 1.29 is 35.1 Å². The zero-order valence-corrected chi connectivity index (χ0v) is 24.6. The van der Waals surface area contributed by atoms with Gasteiger partial charge in [0.15, 0.2) is 0 Å². The summed E-state index contributed by atoms with van der Waals surface area (Å²) in [7, 11) is 0. The lowest BCUT2D eigenvalue weighted by Gasteiger charge is -2.38. The minimum Gasteiger partial charge on any atom is -0.398 e. The van der Waals surface area contributed by atoms with Crippen LogP contribution >= 0.6 is 0 Å². The summed E-state index contributed by atoms with van der Waals surface area (Å²) in [6.07, 6.45) is 0. The third-order valence-corrected chi connectivity index (χ3v) is 7.19. The smallest absolute Gasteiger partial charge is 0.382 e. The molecule has 2 aromatic rings. The normalized spacial score (nSPS) is 14.4. The number of hydrogen-bond donors (Lipinski definition) is 2. The molecule has 2 rings (SSSR count). The summed E-state index contributed by atoms with van der Waals surface area (Å²) in [6, 6.07) is 2.38. The topological polar surface area (TPSA) is 52.0 Å². The fraction of sp³-hybridized carbons (Fsp3) is 0.600. The van der Waals surface area contributed by atoms with Gasteiger partial charge in [-0.05, 0) is 69.2 Å². The Kier molecular flexibility index (Phi) is 8.49. The van der Waals surface area contributed by atoms with Crippen LogP contribution in [0, 0.1) is 0 Å². The molecule has 0 atom stereocenters. The molecule has 10 heteroatoms. The maximum atomic E-state index is 15.5. The van der Waals surface area contributed by atoms with Crippen LogP contribution in [0.5, 0.6) is 0 Å². The number of nitrogen functional groups attached to an aromatic ring is 2. The Labute approximate surface area is 231 Å². The molecule has 40 heavy (non-hydrogen) atoms. The number of anilines is 2. The molecule has 2 nitrogen and oxygen atoms in total. The fourth-order valence-corrected chi connectivity index (χ4v) is 4.67. The molecule has 0 spiro atoms. The number of rotatable bonds is 7. The zero-order valence-electron chi connectivity index (χ0n) is 24.6. The van der Waals surface area contributed by atoms with Crippen LogP contribution in [0.2, 0.25) is 0 Å². The van der Waals surface area contributed by atoms with Crippen molar-refractivity contribution in [3.05, 3.63) is 57.6 Å². The summed E-state index contributed by atoms with van der Waals surface area (Å²) in [5.41, 5.74) is 7.43. The first-order valence-corrected chi connectivity index (χ1v) is 13.0. The van der Waals surface area contributed by atoms with Gasteiger partial charge in [-0.25, -0.2) is 0 Å². The molecule has 4 N–H and O–H groups in total. The van der Waals surface area contributed by atoms with Crippen molar-refractivity contribution >= 4 is 11.4 Å². The zero-order chi connectivity index (χ0) is 31.6. The summed E-state index contributed by atoms with van der Waals surface area (Å²) >= 11 is 0. The van der Waals surface area contributed by atoms with Crippen LogP contribution in [0.3, 0.4) is 0 Å². The van der Waals surface area contributed by atoms with Gasteiger partial charge in [0, 0.05) is 22.5 Å². The lowest BCUT2D eigenvalue weighted by molar-refractivity contribution is -0.374. The third-order valence-electron chi connectivity index (χ3n) is 7.19. The number of alkyl halides is 8. The molecular weight excluding hydrogens is 540 g/mol. The molecule has 0 heterocycles. The van der Waals surface area contributed by atoms with E-state index in [-0.39, 0.29) is 33.6 Å². The Hall–Kier alpha value is -2.52. The molecule has 0 radical (unpaired) electrons. The van der Waals surface area contributed by atoms with E-state index in [2.05, 4.69) is 0 Å². The van der Waals surface area contributed by atoms with Crippen molar-refractivity contribution in [2.24, 2.45) is 0 Å². The highest BCUT2D eigenvalue weighted by Gasteiger charge is 2.81. The van der Waals surface area contributed by atoms with Gasteiger partial charge in [-0.15, -0.1) is 0 Å². The summed E-state index contributed by atoms with van der Waals surface area (Å²) in [4.78, 5) is 0. The number of nitrogens with two attached hydrogens (primary N) is 2. The number of benzene rings is 2. The van der Waals surface area contributed by atoms with Gasteiger partial charge in [0.2, 0.25) is 0 Å². The van der Waals surface area contributed by atoms with E-state index < -0.39 is 57.5 Å². The van der Waals surface area contributed by atoms with E-state index in [1.165, 1.54) is 0 Å². The third kappa shape index (κ3) is 5.39. The Morgan fingerprint density at radius 3 is 0.950 bits per heavy atom. The van der Waals surface area contributed by atoms with Crippen LogP contribution in [-0.2, 0) is 22.7 Å². The molecule has 0 bridgehead atoms. The summed E-state index contributed by atoms with van der Waals surface area (Å²) in [5, 5.41) is 0. The second kappa shape index (κ2) is 10.1. The van der Waals surface area contributed by atoms with Crippen LogP contribution in [-0.4, -0.2) is 11.8 Å².